The number of hydrogen-bond donors (Lipinski definition) is 0. The number of rotatable bonds is 3. The highest BCUT2D eigenvalue weighted by molar-refractivity contribution is 6.22. The van der Waals surface area contributed by atoms with Gasteiger partial charge in [-0.3, -0.25) is 0 Å². The first kappa shape index (κ1) is 18.7. The zero-order valence-corrected chi connectivity index (χ0v) is 23.0. The summed E-state index contributed by atoms with van der Waals surface area (Å²) in [6.07, 6.45) is 0. The minimum absolute atomic E-state index is 0.0634. The van der Waals surface area contributed by atoms with Gasteiger partial charge >= 0.3 is 0 Å². The lowest BCUT2D eigenvalue weighted by Gasteiger charge is -2.18. The van der Waals surface area contributed by atoms with Crippen LogP contribution in [0.25, 0.3) is 87.6 Å². The molecule has 0 unspecified atom stereocenters. The molecule has 9 aromatic rings. The Balaban J connectivity index is 1.42. The summed E-state index contributed by atoms with van der Waals surface area (Å²) in [4.78, 5) is 0. The molecule has 1 aromatic heterocycles. The largest absolute Gasteiger partial charge is 0.455 e. The minimum atomic E-state index is -0.295. The zero-order valence-electron chi connectivity index (χ0n) is 29.0. The van der Waals surface area contributed by atoms with E-state index < -0.39 is 0 Å². The van der Waals surface area contributed by atoms with Gasteiger partial charge in [0.05, 0.1) is 8.22 Å². The highest BCUT2D eigenvalue weighted by atomic mass is 16.3. The van der Waals surface area contributed by atoms with Gasteiger partial charge in [-0.1, -0.05) is 139 Å². The third-order valence-corrected chi connectivity index (χ3v) is 8.34. The Morgan fingerprint density at radius 2 is 1.07 bits per heavy atom. The zero-order chi connectivity index (χ0) is 33.6. The molecule has 43 heavy (non-hydrogen) atoms. The lowest BCUT2D eigenvalue weighted by Crippen LogP contribution is -1.90. The number of fused-ring (bicyclic) bond motifs is 6. The van der Waals surface area contributed by atoms with Crippen molar-refractivity contribution in [1.82, 2.24) is 0 Å². The lowest BCUT2D eigenvalue weighted by molar-refractivity contribution is 0.670. The van der Waals surface area contributed by atoms with Crippen molar-refractivity contribution in [3.63, 3.8) is 0 Å². The first-order valence-corrected chi connectivity index (χ1v) is 14.3. The third kappa shape index (κ3) is 3.72. The molecule has 200 valence electrons. The average molecular weight is 553 g/mol. The Hall–Kier alpha value is -5.66. The maximum Gasteiger partial charge on any atom is 0.143 e. The minimum Gasteiger partial charge on any atom is -0.455 e. The Morgan fingerprint density at radius 3 is 1.79 bits per heavy atom. The van der Waals surface area contributed by atoms with Crippen molar-refractivity contribution in [2.45, 2.75) is 0 Å². The third-order valence-electron chi connectivity index (χ3n) is 8.34. The number of benzene rings is 8. The van der Waals surface area contributed by atoms with Crippen LogP contribution < -0.4 is 0 Å². The summed E-state index contributed by atoms with van der Waals surface area (Å²) in [5.41, 5.74) is 4.23. The molecule has 0 bridgehead atoms. The highest BCUT2D eigenvalue weighted by Gasteiger charge is 2.18. The molecule has 0 N–H and O–H groups in total. The molecule has 8 aromatic carbocycles. The fraction of sp³-hybridized carbons (Fsp3) is 0. The molecular formula is C42H26O. The van der Waals surface area contributed by atoms with Gasteiger partial charge in [-0.15, -0.1) is 0 Å². The molecular weight excluding hydrogens is 520 g/mol. The summed E-state index contributed by atoms with van der Waals surface area (Å²) in [6.45, 7) is 0. The van der Waals surface area contributed by atoms with Crippen LogP contribution in [0.4, 0.5) is 0 Å². The smallest absolute Gasteiger partial charge is 0.143 e. The van der Waals surface area contributed by atoms with Gasteiger partial charge in [-0.25, -0.2) is 0 Å². The van der Waals surface area contributed by atoms with Crippen LogP contribution in [0, 0.1) is 0 Å². The summed E-state index contributed by atoms with van der Waals surface area (Å²) in [5.74, 6) is 0. The van der Waals surface area contributed by atoms with Crippen LogP contribution in [0.2, 0.25) is 0 Å². The standard InChI is InChI=1S/C42H26O/c1-2-12-28(13-3-1)32-19-10-20-38-33-24-23-31(26-39(33)43-42(32)38)41-36-17-8-6-15-34(36)40(35-16-7-9-18-37(35)41)30-22-21-27-11-4-5-14-29(27)25-30/h1-26H/i10D,19D,20D,23D,24D,26D. The Labute approximate surface area is 257 Å². The van der Waals surface area contributed by atoms with E-state index in [2.05, 4.69) is 42.5 Å². The van der Waals surface area contributed by atoms with E-state index in [0.29, 0.717) is 16.7 Å². The summed E-state index contributed by atoms with van der Waals surface area (Å²) in [7, 11) is 0. The SMILES string of the molecule is [2H]c1c([2H])c([2H])c2c(oc3c([2H])c(-c4c5ccccc5c(-c5ccc6ccccc6c5)c5ccccc45)c([2H])c([2H])c32)c1-c1ccccc1. The predicted molar refractivity (Wildman–Crippen MR) is 183 cm³/mol. The number of hydrogen-bond acceptors (Lipinski definition) is 1. The van der Waals surface area contributed by atoms with Gasteiger partial charge in [0, 0.05) is 16.3 Å². The molecule has 1 heterocycles. The second-order valence-electron chi connectivity index (χ2n) is 10.8. The van der Waals surface area contributed by atoms with Crippen LogP contribution in [0.3, 0.4) is 0 Å². The van der Waals surface area contributed by atoms with Gasteiger partial charge in [0.2, 0.25) is 0 Å². The van der Waals surface area contributed by atoms with E-state index in [4.69, 9.17) is 8.53 Å². The van der Waals surface area contributed by atoms with Crippen molar-refractivity contribution in [3.8, 4) is 33.4 Å². The molecule has 1 nitrogen and oxygen atoms in total. The van der Waals surface area contributed by atoms with Gasteiger partial charge in [-0.05, 0) is 78.3 Å². The van der Waals surface area contributed by atoms with Gasteiger partial charge in [0.15, 0.2) is 0 Å². The first-order chi connectivity index (χ1) is 23.8. The number of furan rings is 1. The molecule has 0 spiro atoms. The van der Waals surface area contributed by atoms with Crippen molar-refractivity contribution in [2.24, 2.45) is 0 Å². The molecule has 0 saturated heterocycles. The molecule has 9 rings (SSSR count). The molecule has 0 saturated carbocycles. The van der Waals surface area contributed by atoms with E-state index in [1.54, 1.807) is 0 Å². The fourth-order valence-corrected chi connectivity index (χ4v) is 6.40. The molecule has 0 radical (unpaired) electrons. The van der Waals surface area contributed by atoms with Gasteiger partial charge < -0.3 is 4.42 Å². The molecule has 0 aliphatic carbocycles. The maximum absolute atomic E-state index is 9.61. The van der Waals surface area contributed by atoms with Gasteiger partial charge in [0.25, 0.3) is 0 Å². The Bertz CT molecular complexity index is 2780. The first-order valence-electron chi connectivity index (χ1n) is 17.3. The van der Waals surface area contributed by atoms with E-state index in [9.17, 15) is 4.11 Å². The van der Waals surface area contributed by atoms with Crippen molar-refractivity contribution in [1.29, 1.82) is 0 Å². The summed E-state index contributed by atoms with van der Waals surface area (Å²) in [6, 6.07) is 38.7. The second-order valence-corrected chi connectivity index (χ2v) is 10.8. The van der Waals surface area contributed by atoms with Crippen LogP contribution in [-0.2, 0) is 0 Å². The van der Waals surface area contributed by atoms with E-state index >= 15 is 0 Å². The molecule has 0 aliphatic heterocycles. The van der Waals surface area contributed by atoms with Crippen LogP contribution in [0.15, 0.2) is 162 Å². The summed E-state index contributed by atoms with van der Waals surface area (Å²) in [5, 5.41) is 6.20. The monoisotopic (exact) mass is 552 g/mol. The van der Waals surface area contributed by atoms with Crippen LogP contribution in [0.5, 0.6) is 0 Å². The maximum atomic E-state index is 9.61. The average Bonchev–Trinajstić information content (AvgIpc) is 3.54. The van der Waals surface area contributed by atoms with E-state index in [1.807, 2.05) is 78.9 Å². The summed E-state index contributed by atoms with van der Waals surface area (Å²) < 4.78 is 61.0. The van der Waals surface area contributed by atoms with E-state index in [-0.39, 0.29) is 63.8 Å². The highest BCUT2D eigenvalue weighted by Crippen LogP contribution is 2.45. The van der Waals surface area contributed by atoms with Crippen LogP contribution in [0.1, 0.15) is 8.22 Å². The van der Waals surface area contributed by atoms with Crippen molar-refractivity contribution in [2.75, 3.05) is 0 Å². The van der Waals surface area contributed by atoms with Crippen molar-refractivity contribution >= 4 is 54.3 Å². The van der Waals surface area contributed by atoms with Gasteiger partial charge in [0.1, 0.15) is 11.2 Å². The lowest BCUT2D eigenvalue weighted by atomic mass is 9.85. The Kier molecular flexibility index (Phi) is 4.11. The second kappa shape index (κ2) is 9.44. The topological polar surface area (TPSA) is 13.1 Å². The quantitative estimate of drug-likeness (QED) is 0.199. The Morgan fingerprint density at radius 1 is 0.442 bits per heavy atom. The normalized spacial score (nSPS) is 13.7. The fourth-order valence-electron chi connectivity index (χ4n) is 6.40. The number of para-hydroxylation sites is 1. The van der Waals surface area contributed by atoms with E-state index in [1.165, 1.54) is 0 Å². The predicted octanol–water partition coefficient (Wildman–Crippen LogP) is 12.0. The van der Waals surface area contributed by atoms with E-state index in [0.717, 1.165) is 43.4 Å². The molecule has 1 heteroatoms. The van der Waals surface area contributed by atoms with Crippen LogP contribution >= 0.6 is 0 Å². The van der Waals surface area contributed by atoms with Crippen LogP contribution in [-0.4, -0.2) is 0 Å². The van der Waals surface area contributed by atoms with Gasteiger partial charge in [-0.2, -0.15) is 0 Å². The van der Waals surface area contributed by atoms with Crippen molar-refractivity contribution in [3.05, 3.63) is 158 Å². The summed E-state index contributed by atoms with van der Waals surface area (Å²) >= 11 is 0. The van der Waals surface area contributed by atoms with Crippen molar-refractivity contribution < 1.29 is 12.6 Å². The molecule has 0 fully saturated rings. The molecule has 0 atom stereocenters. The molecule has 0 amide bonds. The molecule has 0 aliphatic rings.